The van der Waals surface area contributed by atoms with Gasteiger partial charge in [0, 0.05) is 0 Å². The van der Waals surface area contributed by atoms with E-state index < -0.39 is 0 Å². The monoisotopic (exact) mass is 302 g/mol. The van der Waals surface area contributed by atoms with Gasteiger partial charge in [0.2, 0.25) is 0 Å². The first-order chi connectivity index (χ1) is 4.75. The second-order valence-corrected chi connectivity index (χ2v) is 3.80. The first-order valence-corrected chi connectivity index (χ1v) is 5.83. The van der Waals surface area contributed by atoms with Crippen LogP contribution in [0.2, 0.25) is 10.0 Å². The zero-order valence-electron chi connectivity index (χ0n) is 5.78. The Labute approximate surface area is 96.7 Å². The number of rotatable bonds is 1. The summed E-state index contributed by atoms with van der Waals surface area (Å²) in [6.07, 6.45) is 0. The van der Waals surface area contributed by atoms with Crippen LogP contribution < -0.4 is 17.0 Å². The molecule has 0 saturated heterocycles. The molecule has 0 fully saturated rings. The maximum atomic E-state index is 5.88. The zero-order chi connectivity index (χ0) is 7.56. The first-order valence-electron chi connectivity index (χ1n) is 2.98. The summed E-state index contributed by atoms with van der Waals surface area (Å²) in [4.78, 5) is 0. The molecule has 0 heterocycles. The van der Waals surface area contributed by atoms with Crippen molar-refractivity contribution in [3.63, 3.8) is 0 Å². The van der Waals surface area contributed by atoms with Crippen LogP contribution in [0.1, 0.15) is 5.56 Å². The molecule has 0 bridgehead atoms. The van der Waals surface area contributed by atoms with Crippen LogP contribution in [0.3, 0.4) is 0 Å². The quantitative estimate of drug-likeness (QED) is 0.643. The van der Waals surface area contributed by atoms with Gasteiger partial charge >= 0.3 is 80.3 Å². The van der Waals surface area contributed by atoms with E-state index in [1.807, 2.05) is 18.2 Å². The van der Waals surface area contributed by atoms with Crippen molar-refractivity contribution in [1.29, 1.82) is 0 Å². The summed E-state index contributed by atoms with van der Waals surface area (Å²) < 4.78 is 0. The number of benzene rings is 1. The van der Waals surface area contributed by atoms with E-state index in [9.17, 15) is 0 Å². The van der Waals surface area contributed by atoms with Crippen molar-refractivity contribution >= 4 is 23.2 Å². The van der Waals surface area contributed by atoms with E-state index in [1.165, 1.54) is 18.3 Å². The second kappa shape index (κ2) is 5.53. The van der Waals surface area contributed by atoms with Crippen molar-refractivity contribution in [2.45, 2.75) is 5.02 Å². The van der Waals surface area contributed by atoms with Crippen molar-refractivity contribution in [1.82, 2.24) is 0 Å². The van der Waals surface area contributed by atoms with Gasteiger partial charge in [-0.05, 0) is 0 Å². The van der Waals surface area contributed by atoms with E-state index in [0.29, 0.717) is 5.02 Å². The Morgan fingerprint density at radius 3 is 2.36 bits per heavy atom. The molecule has 0 atom stereocenters. The molecule has 0 saturated carbocycles. The second-order valence-electron chi connectivity index (χ2n) is 1.96. The van der Waals surface area contributed by atoms with Gasteiger partial charge in [-0.2, -0.15) is 0 Å². The average molecular weight is 305 g/mol. The number of halogens is 3. The molecule has 0 nitrogen and oxygen atoms in total. The van der Waals surface area contributed by atoms with Crippen molar-refractivity contribution in [3.8, 4) is 0 Å². The van der Waals surface area contributed by atoms with Gasteiger partial charge in [0.1, 0.15) is 0 Å². The van der Waals surface area contributed by atoms with E-state index in [2.05, 4.69) is 0 Å². The van der Waals surface area contributed by atoms with Crippen molar-refractivity contribution in [2.24, 2.45) is 0 Å². The maximum Gasteiger partial charge on any atom is -1.00 e. The average Bonchev–Trinajstić information content (AvgIpc) is 1.95. The fourth-order valence-corrected chi connectivity index (χ4v) is 2.36. The Kier molecular flexibility index (Phi) is 5.99. The predicted molar refractivity (Wildman–Crippen MR) is 40.2 cm³/mol. The molecular formula is C7H5BrCl2Zn. The van der Waals surface area contributed by atoms with Gasteiger partial charge in [-0.1, -0.05) is 0 Å². The third-order valence-corrected chi connectivity index (χ3v) is 3.29. The Balaban J connectivity index is 0.000001000. The SMILES string of the molecule is Clc1cccc([CH2][Zn+])c1Cl.[Br-]. The Morgan fingerprint density at radius 1 is 1.27 bits per heavy atom. The van der Waals surface area contributed by atoms with E-state index >= 15 is 0 Å². The zero-order valence-corrected chi connectivity index (χ0v) is 11.8. The van der Waals surface area contributed by atoms with Crippen LogP contribution in [-0.2, 0) is 23.3 Å². The van der Waals surface area contributed by atoms with Crippen LogP contribution in [0.25, 0.3) is 0 Å². The van der Waals surface area contributed by atoms with Gasteiger partial charge in [0.25, 0.3) is 0 Å². The van der Waals surface area contributed by atoms with Crippen LogP contribution in [0.4, 0.5) is 0 Å². The molecule has 0 aliphatic heterocycles. The predicted octanol–water partition coefficient (Wildman–Crippen LogP) is 0.0442. The molecule has 1 aromatic rings. The van der Waals surface area contributed by atoms with Crippen LogP contribution >= 0.6 is 23.2 Å². The van der Waals surface area contributed by atoms with Gasteiger partial charge < -0.3 is 17.0 Å². The molecule has 0 aromatic heterocycles. The Bertz CT molecular complexity index is 240. The van der Waals surface area contributed by atoms with Gasteiger partial charge in [0.05, 0.1) is 0 Å². The van der Waals surface area contributed by atoms with Gasteiger partial charge in [-0.3, -0.25) is 0 Å². The standard InChI is InChI=1S/C7H5Cl2.BrH.Zn/c1-5-3-2-4-6(8)7(5)9;;/h2-4H,1H2;1H;/q;;+1/p-1. The van der Waals surface area contributed by atoms with E-state index in [1.54, 1.807) is 0 Å². The van der Waals surface area contributed by atoms with Crippen LogP contribution in [-0.4, -0.2) is 0 Å². The van der Waals surface area contributed by atoms with Crippen molar-refractivity contribution < 1.29 is 35.3 Å². The summed E-state index contributed by atoms with van der Waals surface area (Å²) >= 11 is 12.9. The molecule has 0 radical (unpaired) electrons. The third-order valence-electron chi connectivity index (χ3n) is 1.30. The van der Waals surface area contributed by atoms with Crippen molar-refractivity contribution in [3.05, 3.63) is 33.8 Å². The third kappa shape index (κ3) is 3.02. The maximum absolute atomic E-state index is 5.88. The van der Waals surface area contributed by atoms with Gasteiger partial charge in [0.15, 0.2) is 0 Å². The molecule has 0 aliphatic rings. The summed E-state index contributed by atoms with van der Waals surface area (Å²) in [7, 11) is 0. The fraction of sp³-hybridized carbons (Fsp3) is 0.143. The molecule has 0 N–H and O–H groups in total. The largest absolute Gasteiger partial charge is 1.00 e. The minimum Gasteiger partial charge on any atom is -1.00 e. The molecule has 11 heavy (non-hydrogen) atoms. The molecule has 4 heteroatoms. The van der Waals surface area contributed by atoms with Gasteiger partial charge in [-0.15, -0.1) is 0 Å². The molecule has 1 aromatic carbocycles. The van der Waals surface area contributed by atoms with E-state index in [-0.39, 0.29) is 17.0 Å². The Hall–Kier alpha value is 0.903. The molecular weight excluding hydrogens is 300 g/mol. The van der Waals surface area contributed by atoms with E-state index in [0.717, 1.165) is 15.6 Å². The molecule has 0 unspecified atom stereocenters. The Morgan fingerprint density at radius 2 is 1.91 bits per heavy atom. The van der Waals surface area contributed by atoms with E-state index in [4.69, 9.17) is 23.2 Å². The summed E-state index contributed by atoms with van der Waals surface area (Å²) in [6.45, 7) is 0. The molecule has 1 rings (SSSR count). The topological polar surface area (TPSA) is 0 Å². The van der Waals surface area contributed by atoms with Crippen LogP contribution in [0.15, 0.2) is 18.2 Å². The van der Waals surface area contributed by atoms with Crippen molar-refractivity contribution in [2.75, 3.05) is 0 Å². The summed E-state index contributed by atoms with van der Waals surface area (Å²) in [5, 5.41) is 2.43. The molecule has 56 valence electrons. The normalized spacial score (nSPS) is 9.09. The summed E-state index contributed by atoms with van der Waals surface area (Å²) in [6, 6.07) is 5.75. The summed E-state index contributed by atoms with van der Waals surface area (Å²) in [5.41, 5.74) is 1.16. The number of hydrogen-bond donors (Lipinski definition) is 0. The van der Waals surface area contributed by atoms with Gasteiger partial charge in [-0.25, -0.2) is 0 Å². The molecule has 0 aliphatic carbocycles. The number of hydrogen-bond acceptors (Lipinski definition) is 0. The molecule has 0 amide bonds. The fourth-order valence-electron chi connectivity index (χ4n) is 0.742. The molecule has 0 spiro atoms. The first kappa shape index (κ1) is 11.9. The minimum absolute atomic E-state index is 0. The summed E-state index contributed by atoms with van der Waals surface area (Å²) in [5.74, 6) is 0. The van der Waals surface area contributed by atoms with Crippen LogP contribution in [0, 0.1) is 0 Å². The minimum atomic E-state index is 0. The smallest absolute Gasteiger partial charge is 1.00 e. The van der Waals surface area contributed by atoms with Crippen LogP contribution in [0.5, 0.6) is 0 Å².